The maximum atomic E-state index is 12.7. The normalized spacial score (nSPS) is 30.1. The van der Waals surface area contributed by atoms with Gasteiger partial charge in [-0.1, -0.05) is 30.3 Å². The van der Waals surface area contributed by atoms with Crippen LogP contribution in [0.15, 0.2) is 30.3 Å². The van der Waals surface area contributed by atoms with E-state index < -0.39 is 36.1 Å². The van der Waals surface area contributed by atoms with Gasteiger partial charge in [-0.15, -0.1) is 0 Å². The van der Waals surface area contributed by atoms with E-state index in [-0.39, 0.29) is 12.8 Å². The van der Waals surface area contributed by atoms with Crippen LogP contribution in [0.5, 0.6) is 0 Å². The first-order valence-corrected chi connectivity index (χ1v) is 7.88. The predicted molar refractivity (Wildman–Crippen MR) is 83.8 cm³/mol. The Balaban J connectivity index is 2.34. The molecule has 1 fully saturated rings. The highest BCUT2D eigenvalue weighted by molar-refractivity contribution is 5.82. The first-order chi connectivity index (χ1) is 11.7. The Morgan fingerprint density at radius 3 is 2.48 bits per heavy atom. The third kappa shape index (κ3) is 4.31. The van der Waals surface area contributed by atoms with Crippen molar-refractivity contribution in [2.24, 2.45) is 0 Å². The summed E-state index contributed by atoms with van der Waals surface area (Å²) in [6.07, 6.45) is -5.98. The number of halogens is 3. The van der Waals surface area contributed by atoms with E-state index in [0.717, 1.165) is 5.56 Å². The van der Waals surface area contributed by atoms with Crippen LogP contribution in [0, 0.1) is 0 Å². The fraction of sp³-hybridized carbons (Fsp3) is 0.588. The molecule has 1 aromatic carbocycles. The largest absolute Gasteiger partial charge is 0.471 e. The molecule has 8 heteroatoms. The molecule has 0 bridgehead atoms. The number of amides is 1. The second-order valence-corrected chi connectivity index (χ2v) is 6.02. The monoisotopic (exact) mass is 361 g/mol. The molecule has 0 saturated carbocycles. The Bertz CT molecular complexity index is 581. The Morgan fingerprint density at radius 1 is 1.32 bits per heavy atom. The summed E-state index contributed by atoms with van der Waals surface area (Å²) < 4.78 is 54.8. The average molecular weight is 361 g/mol. The van der Waals surface area contributed by atoms with Gasteiger partial charge in [0.25, 0.3) is 0 Å². The van der Waals surface area contributed by atoms with Crippen molar-refractivity contribution < 1.29 is 32.2 Å². The molecule has 0 radical (unpaired) electrons. The van der Waals surface area contributed by atoms with Crippen molar-refractivity contribution >= 4 is 5.91 Å². The smallest absolute Gasteiger partial charge is 0.373 e. The molecule has 4 atom stereocenters. The molecular weight excluding hydrogens is 339 g/mol. The van der Waals surface area contributed by atoms with Gasteiger partial charge in [-0.25, -0.2) is 0 Å². The standard InChI is InChI=1S/C17H22F3NO4/c1-11-16(24-3,10-12-7-5-4-6-8-12)13(9-14(23-2)25-11)21-15(22)17(18,19)20/h4-8,11,13-14H,9-10H2,1-3H3,(H,21,22)/t11-,13+,14+,16+/m1/s1. The number of hydrogen-bond acceptors (Lipinski definition) is 4. The van der Waals surface area contributed by atoms with Crippen LogP contribution in [0.1, 0.15) is 18.9 Å². The summed E-state index contributed by atoms with van der Waals surface area (Å²) in [7, 11) is 2.81. The lowest BCUT2D eigenvalue weighted by Crippen LogP contribution is -2.67. The van der Waals surface area contributed by atoms with Crippen LogP contribution in [-0.2, 0) is 25.4 Å². The molecule has 1 N–H and O–H groups in total. The topological polar surface area (TPSA) is 56.8 Å². The Hall–Kier alpha value is -1.64. The van der Waals surface area contributed by atoms with Crippen LogP contribution in [-0.4, -0.2) is 50.3 Å². The molecule has 1 aliphatic heterocycles. The second kappa shape index (κ2) is 7.72. The van der Waals surface area contributed by atoms with Crippen molar-refractivity contribution in [2.45, 2.75) is 50.0 Å². The van der Waals surface area contributed by atoms with Gasteiger partial charge >= 0.3 is 12.1 Å². The highest BCUT2D eigenvalue weighted by Crippen LogP contribution is 2.36. The number of nitrogens with one attached hydrogen (secondary N) is 1. The van der Waals surface area contributed by atoms with Gasteiger partial charge in [0, 0.05) is 27.1 Å². The first kappa shape index (κ1) is 19.7. The molecule has 0 aliphatic carbocycles. The Kier molecular flexibility index (Phi) is 6.08. The number of carbonyl (C=O) groups is 1. The van der Waals surface area contributed by atoms with E-state index in [0.29, 0.717) is 0 Å². The number of hydrogen-bond donors (Lipinski definition) is 1. The summed E-state index contributed by atoms with van der Waals surface area (Å²) in [4.78, 5) is 11.5. The molecule has 0 unspecified atom stereocenters. The van der Waals surface area contributed by atoms with Crippen LogP contribution in [0.25, 0.3) is 0 Å². The van der Waals surface area contributed by atoms with E-state index in [9.17, 15) is 18.0 Å². The zero-order valence-corrected chi connectivity index (χ0v) is 14.3. The van der Waals surface area contributed by atoms with E-state index in [2.05, 4.69) is 5.32 Å². The number of carbonyl (C=O) groups excluding carboxylic acids is 1. The van der Waals surface area contributed by atoms with Gasteiger partial charge in [0.2, 0.25) is 0 Å². The SMILES string of the molecule is CO[C@@H]1C[C@H](NC(=O)C(F)(F)F)[C@@](Cc2ccccc2)(OC)[C@@H](C)O1. The van der Waals surface area contributed by atoms with E-state index in [1.54, 1.807) is 6.92 Å². The molecule has 140 valence electrons. The van der Waals surface area contributed by atoms with Gasteiger partial charge in [-0.05, 0) is 12.5 Å². The van der Waals surface area contributed by atoms with Crippen molar-refractivity contribution in [3.63, 3.8) is 0 Å². The molecule has 0 aromatic heterocycles. The summed E-state index contributed by atoms with van der Waals surface area (Å²) >= 11 is 0. The van der Waals surface area contributed by atoms with Crippen molar-refractivity contribution in [1.82, 2.24) is 5.32 Å². The molecule has 1 aliphatic rings. The minimum Gasteiger partial charge on any atom is -0.373 e. The lowest BCUT2D eigenvalue weighted by atomic mass is 9.79. The molecule has 1 amide bonds. The highest BCUT2D eigenvalue weighted by Gasteiger charge is 2.53. The van der Waals surface area contributed by atoms with Crippen LogP contribution >= 0.6 is 0 Å². The minimum absolute atomic E-state index is 0.0450. The number of ether oxygens (including phenoxy) is 3. The number of methoxy groups -OCH3 is 2. The van der Waals surface area contributed by atoms with Crippen molar-refractivity contribution in [1.29, 1.82) is 0 Å². The predicted octanol–water partition coefficient (Wildman–Crippen LogP) is 2.44. The average Bonchev–Trinajstić information content (AvgIpc) is 2.57. The number of alkyl halides is 3. The lowest BCUT2D eigenvalue weighted by molar-refractivity contribution is -0.258. The molecule has 5 nitrogen and oxygen atoms in total. The molecule has 1 aromatic rings. The minimum atomic E-state index is -4.98. The fourth-order valence-corrected chi connectivity index (χ4v) is 3.21. The molecule has 0 spiro atoms. The summed E-state index contributed by atoms with van der Waals surface area (Å²) in [6, 6.07) is 8.26. The van der Waals surface area contributed by atoms with Gasteiger partial charge in [-0.2, -0.15) is 13.2 Å². The zero-order chi connectivity index (χ0) is 18.7. The Morgan fingerprint density at radius 2 is 1.96 bits per heavy atom. The van der Waals surface area contributed by atoms with E-state index in [1.807, 2.05) is 30.3 Å². The summed E-state index contributed by atoms with van der Waals surface area (Å²) in [6.45, 7) is 1.70. The van der Waals surface area contributed by atoms with Gasteiger partial charge in [0.05, 0.1) is 12.1 Å². The maximum Gasteiger partial charge on any atom is 0.471 e. The van der Waals surface area contributed by atoms with E-state index in [4.69, 9.17) is 14.2 Å². The van der Waals surface area contributed by atoms with Crippen molar-refractivity contribution in [3.05, 3.63) is 35.9 Å². The van der Waals surface area contributed by atoms with Gasteiger partial charge in [0.1, 0.15) is 5.60 Å². The van der Waals surface area contributed by atoms with Crippen LogP contribution in [0.4, 0.5) is 13.2 Å². The summed E-state index contributed by atoms with van der Waals surface area (Å²) in [5.41, 5.74) is -0.293. The lowest BCUT2D eigenvalue weighted by Gasteiger charge is -2.49. The molecule has 25 heavy (non-hydrogen) atoms. The molecule has 1 heterocycles. The number of benzene rings is 1. The van der Waals surface area contributed by atoms with Crippen LogP contribution in [0.3, 0.4) is 0 Å². The maximum absolute atomic E-state index is 12.7. The third-order valence-corrected chi connectivity index (χ3v) is 4.59. The first-order valence-electron chi connectivity index (χ1n) is 7.88. The molecule has 1 saturated heterocycles. The third-order valence-electron chi connectivity index (χ3n) is 4.59. The quantitative estimate of drug-likeness (QED) is 0.875. The Labute approximate surface area is 144 Å². The van der Waals surface area contributed by atoms with E-state index in [1.165, 1.54) is 14.2 Å². The second-order valence-electron chi connectivity index (χ2n) is 6.02. The van der Waals surface area contributed by atoms with Crippen LogP contribution < -0.4 is 5.32 Å². The van der Waals surface area contributed by atoms with Gasteiger partial charge in [-0.3, -0.25) is 4.79 Å². The fourth-order valence-electron chi connectivity index (χ4n) is 3.21. The van der Waals surface area contributed by atoms with Gasteiger partial charge in [0.15, 0.2) is 6.29 Å². The van der Waals surface area contributed by atoms with Gasteiger partial charge < -0.3 is 19.5 Å². The molecular formula is C17H22F3NO4. The van der Waals surface area contributed by atoms with E-state index >= 15 is 0 Å². The molecule has 2 rings (SSSR count). The van der Waals surface area contributed by atoms with Crippen LogP contribution in [0.2, 0.25) is 0 Å². The van der Waals surface area contributed by atoms with Crippen molar-refractivity contribution in [3.8, 4) is 0 Å². The zero-order valence-electron chi connectivity index (χ0n) is 14.3. The highest BCUT2D eigenvalue weighted by atomic mass is 19.4. The summed E-state index contributed by atoms with van der Waals surface area (Å²) in [5, 5.41) is 2.07. The van der Waals surface area contributed by atoms with Crippen molar-refractivity contribution in [2.75, 3.05) is 14.2 Å². The number of rotatable bonds is 5. The summed E-state index contributed by atoms with van der Waals surface area (Å²) in [5.74, 6) is -2.00.